The normalized spacial score (nSPS) is 12.7. The number of nitro groups is 1. The molecule has 2 aromatic carbocycles. The van der Waals surface area contributed by atoms with Crippen LogP contribution in [0, 0.1) is 21.7 Å². The fraction of sp³-hybridized carbons (Fsp3) is 0.143. The highest BCUT2D eigenvalue weighted by Gasteiger charge is 2.23. The highest BCUT2D eigenvalue weighted by atomic mass is 32.2. The van der Waals surface area contributed by atoms with E-state index in [1.54, 1.807) is 0 Å². The van der Waals surface area contributed by atoms with Crippen molar-refractivity contribution < 1.29 is 27.2 Å². The van der Waals surface area contributed by atoms with Gasteiger partial charge < -0.3 is 5.11 Å². The minimum Gasteiger partial charge on any atom is -0.383 e. The summed E-state index contributed by atoms with van der Waals surface area (Å²) in [6, 6.07) is 5.45. The van der Waals surface area contributed by atoms with E-state index in [1.807, 2.05) is 0 Å². The molecule has 0 heterocycles. The van der Waals surface area contributed by atoms with E-state index < -0.39 is 38.4 Å². The number of nitrogens with one attached hydrogen (secondary N) is 1. The molecule has 0 aliphatic heterocycles. The minimum atomic E-state index is -3.75. The van der Waals surface area contributed by atoms with E-state index >= 15 is 0 Å². The van der Waals surface area contributed by atoms with Gasteiger partial charge in [0.2, 0.25) is 10.0 Å². The van der Waals surface area contributed by atoms with Gasteiger partial charge in [0.15, 0.2) is 0 Å². The molecule has 0 saturated heterocycles. The van der Waals surface area contributed by atoms with Crippen LogP contribution in [0.5, 0.6) is 0 Å². The second-order valence-corrected chi connectivity index (χ2v) is 6.72. The lowest BCUT2D eigenvalue weighted by Gasteiger charge is -2.17. The highest BCUT2D eigenvalue weighted by Crippen LogP contribution is 2.33. The van der Waals surface area contributed by atoms with Crippen LogP contribution in [0.4, 0.5) is 20.2 Å². The van der Waals surface area contributed by atoms with Crippen molar-refractivity contribution >= 4 is 21.4 Å². The molecule has 10 heteroatoms. The molecular weight excluding hydrogens is 346 g/mol. The van der Waals surface area contributed by atoms with Gasteiger partial charge in [-0.25, -0.2) is 17.2 Å². The summed E-state index contributed by atoms with van der Waals surface area (Å²) in [7, 11) is -3.75. The van der Waals surface area contributed by atoms with E-state index in [-0.39, 0.29) is 16.8 Å². The molecule has 0 aliphatic carbocycles. The Morgan fingerprint density at radius 2 is 1.83 bits per heavy atom. The van der Waals surface area contributed by atoms with Gasteiger partial charge in [0, 0.05) is 29.3 Å². The molecular formula is C14H12F2N2O5S. The summed E-state index contributed by atoms with van der Waals surface area (Å²) in [6.07, 6.45) is -0.891. The zero-order chi connectivity index (χ0) is 18.1. The predicted octanol–water partition coefficient (Wildman–Crippen LogP) is 2.33. The standard InChI is InChI=1S/C14H12F2N2O5S/c1-24(22,23)17-13-5-3-9(18(20)21)7-11(13)14(19)10-4-2-8(15)6-12(10)16/h2-7,14,17,19H,1H3. The van der Waals surface area contributed by atoms with Crippen molar-refractivity contribution in [2.45, 2.75) is 6.10 Å². The van der Waals surface area contributed by atoms with Gasteiger partial charge in [0.25, 0.3) is 5.69 Å². The first-order chi connectivity index (χ1) is 11.1. The first-order valence-electron chi connectivity index (χ1n) is 6.47. The van der Waals surface area contributed by atoms with Gasteiger partial charge in [-0.3, -0.25) is 14.8 Å². The summed E-state index contributed by atoms with van der Waals surface area (Å²) in [6.45, 7) is 0. The summed E-state index contributed by atoms with van der Waals surface area (Å²) < 4.78 is 51.7. The van der Waals surface area contributed by atoms with Crippen molar-refractivity contribution in [1.82, 2.24) is 0 Å². The molecule has 24 heavy (non-hydrogen) atoms. The van der Waals surface area contributed by atoms with E-state index in [1.165, 1.54) is 0 Å². The lowest BCUT2D eigenvalue weighted by Crippen LogP contribution is -2.14. The van der Waals surface area contributed by atoms with Crippen LogP contribution in [0.15, 0.2) is 36.4 Å². The van der Waals surface area contributed by atoms with Crippen LogP contribution >= 0.6 is 0 Å². The molecule has 2 rings (SSSR count). The number of nitro benzene ring substituents is 1. The zero-order valence-corrected chi connectivity index (χ0v) is 13.0. The van der Waals surface area contributed by atoms with E-state index in [0.29, 0.717) is 6.07 Å². The average Bonchev–Trinajstić information content (AvgIpc) is 2.45. The SMILES string of the molecule is CS(=O)(=O)Nc1ccc([N+](=O)[O-])cc1C(O)c1ccc(F)cc1F. The highest BCUT2D eigenvalue weighted by molar-refractivity contribution is 7.92. The zero-order valence-electron chi connectivity index (χ0n) is 12.2. The van der Waals surface area contributed by atoms with Crippen LogP contribution in [0.2, 0.25) is 0 Å². The number of aliphatic hydroxyl groups is 1. The molecule has 0 aromatic heterocycles. The van der Waals surface area contributed by atoms with Gasteiger partial charge in [0.05, 0.1) is 16.9 Å². The molecule has 0 aliphatic rings. The van der Waals surface area contributed by atoms with Crippen molar-refractivity contribution in [3.05, 3.63) is 69.3 Å². The van der Waals surface area contributed by atoms with Crippen LogP contribution in [0.1, 0.15) is 17.2 Å². The van der Waals surface area contributed by atoms with Gasteiger partial charge in [-0.2, -0.15) is 0 Å². The van der Waals surface area contributed by atoms with Crippen molar-refractivity contribution in [3.8, 4) is 0 Å². The molecule has 1 atom stereocenters. The van der Waals surface area contributed by atoms with Crippen LogP contribution in [-0.4, -0.2) is 24.7 Å². The number of hydrogen-bond donors (Lipinski definition) is 2. The molecule has 2 N–H and O–H groups in total. The number of halogens is 2. The topological polar surface area (TPSA) is 110 Å². The molecule has 7 nitrogen and oxygen atoms in total. The van der Waals surface area contributed by atoms with Crippen molar-refractivity contribution in [2.75, 3.05) is 11.0 Å². The molecule has 2 aromatic rings. The first-order valence-corrected chi connectivity index (χ1v) is 8.37. The molecule has 0 amide bonds. The van der Waals surface area contributed by atoms with Crippen molar-refractivity contribution in [1.29, 1.82) is 0 Å². The number of aliphatic hydroxyl groups excluding tert-OH is 1. The number of hydrogen-bond acceptors (Lipinski definition) is 5. The van der Waals surface area contributed by atoms with E-state index in [0.717, 1.165) is 36.6 Å². The Bertz CT molecular complexity index is 902. The lowest BCUT2D eigenvalue weighted by atomic mass is 9.99. The summed E-state index contributed by atoms with van der Waals surface area (Å²) >= 11 is 0. The average molecular weight is 358 g/mol. The number of rotatable bonds is 5. The number of sulfonamides is 1. The third kappa shape index (κ3) is 4.03. The monoisotopic (exact) mass is 358 g/mol. The summed E-state index contributed by atoms with van der Waals surface area (Å²) in [5, 5.41) is 21.2. The van der Waals surface area contributed by atoms with Crippen molar-refractivity contribution in [3.63, 3.8) is 0 Å². The van der Waals surface area contributed by atoms with Gasteiger partial charge in [-0.1, -0.05) is 6.07 Å². The Morgan fingerprint density at radius 1 is 1.17 bits per heavy atom. The molecule has 0 saturated carbocycles. The molecule has 0 spiro atoms. The Hall–Kier alpha value is -2.59. The number of anilines is 1. The number of non-ortho nitro benzene ring substituents is 1. The third-order valence-corrected chi connectivity index (χ3v) is 3.68. The van der Waals surface area contributed by atoms with Crippen molar-refractivity contribution in [2.24, 2.45) is 0 Å². The Balaban J connectivity index is 2.59. The maximum atomic E-state index is 13.8. The van der Waals surface area contributed by atoms with Crippen LogP contribution in [-0.2, 0) is 10.0 Å². The van der Waals surface area contributed by atoms with Gasteiger partial charge >= 0.3 is 0 Å². The molecule has 128 valence electrons. The smallest absolute Gasteiger partial charge is 0.269 e. The summed E-state index contributed by atoms with van der Waals surface area (Å²) in [5.74, 6) is -1.93. The maximum absolute atomic E-state index is 13.8. The first kappa shape index (κ1) is 17.8. The summed E-state index contributed by atoms with van der Waals surface area (Å²) in [4.78, 5) is 10.1. The van der Waals surface area contributed by atoms with Gasteiger partial charge in [0.1, 0.15) is 17.7 Å². The van der Waals surface area contributed by atoms with Crippen LogP contribution in [0.3, 0.4) is 0 Å². The van der Waals surface area contributed by atoms with E-state index in [4.69, 9.17) is 0 Å². The van der Waals surface area contributed by atoms with Crippen LogP contribution in [0.25, 0.3) is 0 Å². The molecule has 0 radical (unpaired) electrons. The van der Waals surface area contributed by atoms with Gasteiger partial charge in [-0.15, -0.1) is 0 Å². The van der Waals surface area contributed by atoms with Crippen LogP contribution < -0.4 is 4.72 Å². The second kappa shape index (κ2) is 6.49. The fourth-order valence-electron chi connectivity index (χ4n) is 2.07. The minimum absolute atomic E-state index is 0.153. The second-order valence-electron chi connectivity index (χ2n) is 4.97. The maximum Gasteiger partial charge on any atom is 0.269 e. The quantitative estimate of drug-likeness (QED) is 0.630. The largest absolute Gasteiger partial charge is 0.383 e. The molecule has 0 bridgehead atoms. The molecule has 0 fully saturated rings. The Kier molecular flexibility index (Phi) is 4.81. The molecule has 1 unspecified atom stereocenters. The summed E-state index contributed by atoms with van der Waals surface area (Å²) in [5.41, 5.74) is -1.17. The third-order valence-electron chi connectivity index (χ3n) is 3.09. The Morgan fingerprint density at radius 3 is 2.38 bits per heavy atom. The number of benzene rings is 2. The lowest BCUT2D eigenvalue weighted by molar-refractivity contribution is -0.384. The number of nitrogens with zero attached hydrogens (tertiary/aromatic N) is 1. The van der Waals surface area contributed by atoms with Gasteiger partial charge in [-0.05, 0) is 12.1 Å². The van der Waals surface area contributed by atoms with E-state index in [9.17, 15) is 32.4 Å². The van der Waals surface area contributed by atoms with E-state index in [2.05, 4.69) is 4.72 Å². The Labute approximate surface area is 135 Å². The predicted molar refractivity (Wildman–Crippen MR) is 82.0 cm³/mol. The fourth-order valence-corrected chi connectivity index (χ4v) is 2.66.